The molecular formula is C37H36N2O4. The first-order valence-electron chi connectivity index (χ1n) is 14.9. The van der Waals surface area contributed by atoms with E-state index in [0.29, 0.717) is 18.9 Å². The highest BCUT2D eigenvalue weighted by Crippen LogP contribution is 2.38. The van der Waals surface area contributed by atoms with E-state index in [9.17, 15) is 9.90 Å². The lowest BCUT2D eigenvalue weighted by molar-refractivity contribution is -0.142. The minimum atomic E-state index is -0.762. The number of benzene rings is 4. The van der Waals surface area contributed by atoms with Gasteiger partial charge in [-0.2, -0.15) is 0 Å². The van der Waals surface area contributed by atoms with Gasteiger partial charge in [-0.05, 0) is 92.1 Å². The number of carboxylic acid groups (broad SMARTS) is 1. The number of carbonyl (C=O) groups is 1. The molecule has 2 heterocycles. The predicted octanol–water partition coefficient (Wildman–Crippen LogP) is 8.41. The molecule has 43 heavy (non-hydrogen) atoms. The van der Waals surface area contributed by atoms with Gasteiger partial charge in [0, 0.05) is 18.2 Å². The Labute approximate surface area is 252 Å². The van der Waals surface area contributed by atoms with E-state index in [-0.39, 0.29) is 6.04 Å². The Morgan fingerprint density at radius 2 is 1.49 bits per heavy atom. The van der Waals surface area contributed by atoms with Crippen LogP contribution in [0.15, 0.2) is 114 Å². The summed E-state index contributed by atoms with van der Waals surface area (Å²) in [5, 5.41) is 9.98. The third-order valence-corrected chi connectivity index (χ3v) is 8.22. The van der Waals surface area contributed by atoms with E-state index in [4.69, 9.17) is 14.1 Å². The first-order chi connectivity index (χ1) is 21.0. The topological polar surface area (TPSA) is 75.8 Å². The lowest BCUT2D eigenvalue weighted by Gasteiger charge is -2.28. The number of para-hydroxylation sites is 1. The van der Waals surface area contributed by atoms with Gasteiger partial charge in [0.25, 0.3) is 0 Å². The zero-order valence-corrected chi connectivity index (χ0v) is 24.4. The van der Waals surface area contributed by atoms with E-state index in [1.165, 1.54) is 5.56 Å². The molecular weight excluding hydrogens is 536 g/mol. The van der Waals surface area contributed by atoms with Crippen LogP contribution in [0.5, 0.6) is 11.5 Å². The van der Waals surface area contributed by atoms with Crippen LogP contribution >= 0.6 is 0 Å². The molecule has 0 bridgehead atoms. The maximum Gasteiger partial charge on any atom is 0.320 e. The van der Waals surface area contributed by atoms with Crippen molar-refractivity contribution in [1.29, 1.82) is 0 Å². The van der Waals surface area contributed by atoms with Crippen molar-refractivity contribution >= 4 is 5.97 Å². The molecule has 0 saturated carbocycles. The molecule has 0 unspecified atom stereocenters. The van der Waals surface area contributed by atoms with Crippen molar-refractivity contribution in [2.75, 3.05) is 0 Å². The summed E-state index contributed by atoms with van der Waals surface area (Å²) in [5.41, 5.74) is 5.50. The van der Waals surface area contributed by atoms with Crippen LogP contribution in [0.25, 0.3) is 11.5 Å². The van der Waals surface area contributed by atoms with Crippen molar-refractivity contribution in [2.24, 2.45) is 0 Å². The molecule has 0 aliphatic carbocycles. The largest absolute Gasteiger partial charge is 0.480 e. The number of aryl methyl sites for hydroxylation is 3. The highest BCUT2D eigenvalue weighted by molar-refractivity contribution is 5.74. The Morgan fingerprint density at radius 3 is 2.19 bits per heavy atom. The van der Waals surface area contributed by atoms with E-state index in [0.717, 1.165) is 65.3 Å². The predicted molar refractivity (Wildman–Crippen MR) is 167 cm³/mol. The standard InChI is InChI=1S/C37H36N2O4/c1-26-33(38-36(42-26)30-10-4-2-5-11-30)14-8-9-27-15-19-29(20-16-27)34-23-24-35(37(40)41)39(34)25-28-17-21-32(22-18-28)43-31-12-6-3-7-13-31/h2-7,10-13,15-22,34-35H,8-9,14,23-25H2,1H3,(H,40,41)/t34-,35-/m0/s1. The van der Waals surface area contributed by atoms with Gasteiger partial charge in [-0.25, -0.2) is 4.98 Å². The van der Waals surface area contributed by atoms with Gasteiger partial charge in [-0.3, -0.25) is 9.69 Å². The van der Waals surface area contributed by atoms with Gasteiger partial charge in [0.1, 0.15) is 23.3 Å². The van der Waals surface area contributed by atoms with E-state index in [1.54, 1.807) is 0 Å². The fourth-order valence-corrected chi connectivity index (χ4v) is 5.94. The van der Waals surface area contributed by atoms with Crippen LogP contribution in [-0.4, -0.2) is 27.0 Å². The van der Waals surface area contributed by atoms with Gasteiger partial charge >= 0.3 is 5.97 Å². The van der Waals surface area contributed by atoms with Crippen molar-refractivity contribution in [3.8, 4) is 23.0 Å². The number of hydrogen-bond acceptors (Lipinski definition) is 5. The van der Waals surface area contributed by atoms with Crippen molar-refractivity contribution in [2.45, 2.75) is 57.7 Å². The maximum absolute atomic E-state index is 12.2. The first-order valence-corrected chi connectivity index (χ1v) is 14.9. The van der Waals surface area contributed by atoms with E-state index >= 15 is 0 Å². The molecule has 4 aromatic carbocycles. The first kappa shape index (κ1) is 28.4. The fourth-order valence-electron chi connectivity index (χ4n) is 5.94. The van der Waals surface area contributed by atoms with Gasteiger partial charge in [0.15, 0.2) is 0 Å². The summed E-state index contributed by atoms with van der Waals surface area (Å²) in [6, 6.07) is 35.9. The molecule has 2 atom stereocenters. The second kappa shape index (κ2) is 13.1. The molecule has 218 valence electrons. The van der Waals surface area contributed by atoms with Crippen LogP contribution in [0.2, 0.25) is 0 Å². The summed E-state index contributed by atoms with van der Waals surface area (Å²) in [5.74, 6) is 2.33. The minimum Gasteiger partial charge on any atom is -0.480 e. The molecule has 1 aromatic heterocycles. The average Bonchev–Trinajstić information content (AvgIpc) is 3.63. The number of aliphatic carboxylic acids is 1. The number of likely N-dealkylation sites (tertiary alicyclic amines) is 1. The molecule has 1 aliphatic rings. The summed E-state index contributed by atoms with van der Waals surface area (Å²) in [6.45, 7) is 2.55. The number of aromatic nitrogens is 1. The Kier molecular flexibility index (Phi) is 8.66. The Balaban J connectivity index is 1.08. The van der Waals surface area contributed by atoms with Crippen LogP contribution in [0, 0.1) is 6.92 Å². The van der Waals surface area contributed by atoms with Crippen LogP contribution in [0.1, 0.15) is 53.4 Å². The molecule has 6 heteroatoms. The number of nitrogens with zero attached hydrogens (tertiary/aromatic N) is 2. The lowest BCUT2D eigenvalue weighted by atomic mass is 10.00. The second-order valence-electron chi connectivity index (χ2n) is 11.2. The van der Waals surface area contributed by atoms with Gasteiger partial charge < -0.3 is 14.3 Å². The van der Waals surface area contributed by atoms with Crippen molar-refractivity contribution in [3.05, 3.63) is 137 Å². The van der Waals surface area contributed by atoms with E-state index < -0.39 is 12.0 Å². The summed E-state index contributed by atoms with van der Waals surface area (Å²) in [4.78, 5) is 19.0. The Bertz CT molecular complexity index is 1630. The molecule has 0 radical (unpaired) electrons. The zero-order chi connectivity index (χ0) is 29.6. The third kappa shape index (κ3) is 6.87. The molecule has 1 saturated heterocycles. The highest BCUT2D eigenvalue weighted by atomic mass is 16.5. The van der Waals surface area contributed by atoms with Crippen LogP contribution in [-0.2, 0) is 24.2 Å². The quantitative estimate of drug-likeness (QED) is 0.171. The monoisotopic (exact) mass is 572 g/mol. The summed E-state index contributed by atoms with van der Waals surface area (Å²) in [7, 11) is 0. The van der Waals surface area contributed by atoms with Gasteiger partial charge in [-0.1, -0.05) is 72.8 Å². The smallest absolute Gasteiger partial charge is 0.320 e. The average molecular weight is 573 g/mol. The molecule has 6 rings (SSSR count). The molecule has 5 aromatic rings. The molecule has 6 nitrogen and oxygen atoms in total. The highest BCUT2D eigenvalue weighted by Gasteiger charge is 2.38. The number of hydrogen-bond donors (Lipinski definition) is 1. The molecule has 1 fully saturated rings. The van der Waals surface area contributed by atoms with Gasteiger partial charge in [-0.15, -0.1) is 0 Å². The lowest BCUT2D eigenvalue weighted by Crippen LogP contribution is -2.36. The molecule has 0 spiro atoms. The maximum atomic E-state index is 12.2. The third-order valence-electron chi connectivity index (χ3n) is 8.22. The molecule has 0 amide bonds. The molecule has 1 aliphatic heterocycles. The van der Waals surface area contributed by atoms with E-state index in [2.05, 4.69) is 29.2 Å². The van der Waals surface area contributed by atoms with Crippen molar-refractivity contribution < 1.29 is 19.1 Å². The SMILES string of the molecule is Cc1oc(-c2ccccc2)nc1CCCc1ccc([C@@H]2CC[C@@H](C(=O)O)N2Cc2ccc(Oc3ccccc3)cc2)cc1. The summed E-state index contributed by atoms with van der Waals surface area (Å²) < 4.78 is 11.8. The Morgan fingerprint density at radius 1 is 0.837 bits per heavy atom. The number of rotatable bonds is 11. The summed E-state index contributed by atoms with van der Waals surface area (Å²) >= 11 is 0. The second-order valence-corrected chi connectivity index (χ2v) is 11.2. The zero-order valence-electron chi connectivity index (χ0n) is 24.4. The van der Waals surface area contributed by atoms with Crippen LogP contribution in [0.3, 0.4) is 0 Å². The normalized spacial score (nSPS) is 16.8. The number of oxazole rings is 1. The van der Waals surface area contributed by atoms with Gasteiger partial charge in [0.05, 0.1) is 5.69 Å². The van der Waals surface area contributed by atoms with Crippen LogP contribution in [0.4, 0.5) is 0 Å². The number of carboxylic acids is 1. The van der Waals surface area contributed by atoms with Gasteiger partial charge in [0.2, 0.25) is 5.89 Å². The minimum absolute atomic E-state index is 0.0598. The van der Waals surface area contributed by atoms with Crippen molar-refractivity contribution in [3.63, 3.8) is 0 Å². The fraction of sp³-hybridized carbons (Fsp3) is 0.243. The van der Waals surface area contributed by atoms with Crippen molar-refractivity contribution in [1.82, 2.24) is 9.88 Å². The van der Waals surface area contributed by atoms with Crippen LogP contribution < -0.4 is 4.74 Å². The number of ether oxygens (including phenoxy) is 1. The Hall–Kier alpha value is -4.68. The molecule has 1 N–H and O–H groups in total. The van der Waals surface area contributed by atoms with E-state index in [1.807, 2.05) is 91.9 Å². The summed E-state index contributed by atoms with van der Waals surface area (Å²) in [6.07, 6.45) is 4.23.